The molecule has 1 aromatic heterocycles. The van der Waals surface area contributed by atoms with Gasteiger partial charge in [0.2, 0.25) is 5.13 Å². The quantitative estimate of drug-likeness (QED) is 0.339. The van der Waals surface area contributed by atoms with Gasteiger partial charge in [-0.25, -0.2) is 4.79 Å². The molecule has 1 aromatic rings. The Kier molecular flexibility index (Phi) is 11.6. The minimum absolute atomic E-state index is 0.186. The minimum Gasteiger partial charge on any atom is -0.459 e. The molecule has 0 fully saturated rings. The average Bonchev–Trinajstić information content (AvgIpc) is 3.12. The molecule has 1 heterocycles. The van der Waals surface area contributed by atoms with Crippen LogP contribution in [0.25, 0.3) is 0 Å². The molecular formula is C17H26F3N3O3S. The third-order valence-corrected chi connectivity index (χ3v) is 4.50. The first-order valence-electron chi connectivity index (χ1n) is 9.15. The molecule has 154 valence electrons. The van der Waals surface area contributed by atoms with E-state index in [0.29, 0.717) is 25.8 Å². The number of unbranched alkanes of at least 4 members (excludes halogenated alkanes) is 7. The lowest BCUT2D eigenvalue weighted by Crippen LogP contribution is -2.25. The zero-order valence-corrected chi connectivity index (χ0v) is 16.0. The Labute approximate surface area is 160 Å². The van der Waals surface area contributed by atoms with Crippen LogP contribution in [0, 0.1) is 0 Å². The summed E-state index contributed by atoms with van der Waals surface area (Å²) >= 11 is 1.40. The third-order valence-electron chi connectivity index (χ3n) is 3.85. The third kappa shape index (κ3) is 12.3. The lowest BCUT2D eigenvalue weighted by atomic mass is 10.1. The molecule has 0 aliphatic carbocycles. The van der Waals surface area contributed by atoms with Crippen molar-refractivity contribution in [1.29, 1.82) is 0 Å². The Morgan fingerprint density at radius 2 is 1.63 bits per heavy atom. The molecule has 0 aromatic carbocycles. The van der Waals surface area contributed by atoms with Crippen molar-refractivity contribution in [2.24, 2.45) is 0 Å². The Bertz CT molecular complexity index is 539. The maximum atomic E-state index is 11.9. The van der Waals surface area contributed by atoms with E-state index in [-0.39, 0.29) is 12.4 Å². The molecule has 0 bridgehead atoms. The number of esters is 1. The summed E-state index contributed by atoms with van der Waals surface area (Å²) in [6, 6.07) is 0. The highest BCUT2D eigenvalue weighted by molar-refractivity contribution is 7.13. The highest BCUT2D eigenvalue weighted by atomic mass is 32.1. The molecule has 6 nitrogen and oxygen atoms in total. The number of nitrogens with zero attached hydrogens (tertiary/aromatic N) is 2. The fourth-order valence-electron chi connectivity index (χ4n) is 2.42. The summed E-state index contributed by atoms with van der Waals surface area (Å²) in [6.07, 6.45) is 3.20. The van der Waals surface area contributed by atoms with Crippen LogP contribution in [0.5, 0.6) is 0 Å². The van der Waals surface area contributed by atoms with Crippen molar-refractivity contribution in [3.05, 3.63) is 5.51 Å². The molecule has 0 radical (unpaired) electrons. The fourth-order valence-corrected chi connectivity index (χ4v) is 2.89. The van der Waals surface area contributed by atoms with Crippen LogP contribution in [-0.2, 0) is 14.3 Å². The predicted octanol–water partition coefficient (Wildman–Crippen LogP) is 4.53. The van der Waals surface area contributed by atoms with E-state index in [4.69, 9.17) is 0 Å². The Hall–Kier alpha value is -1.71. The Balaban J connectivity index is 1.82. The molecule has 0 aliphatic heterocycles. The SMILES string of the molecule is O=C(CCCCCCCCCCOC(=O)C(F)(F)F)CCNc1nncs1. The first-order chi connectivity index (χ1) is 12.9. The van der Waals surface area contributed by atoms with E-state index in [1.807, 2.05) is 0 Å². The zero-order chi connectivity index (χ0) is 20.0. The predicted molar refractivity (Wildman–Crippen MR) is 96.6 cm³/mol. The molecule has 0 unspecified atom stereocenters. The molecule has 0 aliphatic rings. The second-order valence-corrected chi connectivity index (χ2v) is 7.00. The molecule has 0 saturated heterocycles. The highest BCUT2D eigenvalue weighted by Gasteiger charge is 2.40. The number of nitrogens with one attached hydrogen (secondary N) is 1. The van der Waals surface area contributed by atoms with E-state index in [9.17, 15) is 22.8 Å². The van der Waals surface area contributed by atoms with Crippen LogP contribution >= 0.6 is 11.3 Å². The number of ether oxygens (including phenoxy) is 1. The summed E-state index contributed by atoms with van der Waals surface area (Å²) in [6.45, 7) is 0.390. The standard InChI is InChI=1S/C17H26F3N3O3S/c18-17(19,20)15(25)26-12-8-6-4-2-1-3-5-7-9-14(24)10-11-21-16-23-22-13-27-16/h13H,1-12H2,(H,21,23). The van der Waals surface area contributed by atoms with Gasteiger partial charge in [0.05, 0.1) is 6.61 Å². The number of Topliss-reactive ketones (excluding diaryl/α,β-unsaturated/α-hetero) is 1. The minimum atomic E-state index is -4.91. The largest absolute Gasteiger partial charge is 0.490 e. The van der Waals surface area contributed by atoms with Gasteiger partial charge in [-0.2, -0.15) is 13.2 Å². The van der Waals surface area contributed by atoms with Crippen LogP contribution in [0.4, 0.5) is 18.3 Å². The molecule has 0 atom stereocenters. The zero-order valence-electron chi connectivity index (χ0n) is 15.2. The van der Waals surface area contributed by atoms with Crippen LogP contribution in [0.2, 0.25) is 0 Å². The van der Waals surface area contributed by atoms with Crippen molar-refractivity contribution in [2.45, 2.75) is 70.4 Å². The molecular weight excluding hydrogens is 383 g/mol. The summed E-state index contributed by atoms with van der Waals surface area (Å²) in [7, 11) is 0. The first-order valence-corrected chi connectivity index (χ1v) is 10.0. The smallest absolute Gasteiger partial charge is 0.459 e. The number of carbonyl (C=O) groups is 2. The van der Waals surface area contributed by atoms with Crippen LogP contribution in [0.1, 0.15) is 64.2 Å². The Morgan fingerprint density at radius 1 is 1.00 bits per heavy atom. The first kappa shape index (κ1) is 23.3. The number of hydrogen-bond donors (Lipinski definition) is 1. The van der Waals surface area contributed by atoms with Crippen molar-refractivity contribution >= 4 is 28.2 Å². The van der Waals surface area contributed by atoms with Gasteiger partial charge in [0.15, 0.2) is 0 Å². The van der Waals surface area contributed by atoms with Crippen LogP contribution in [0.3, 0.4) is 0 Å². The van der Waals surface area contributed by atoms with Crippen LogP contribution < -0.4 is 5.32 Å². The normalized spacial score (nSPS) is 11.4. The summed E-state index contributed by atoms with van der Waals surface area (Å²) in [5.41, 5.74) is 1.63. The molecule has 0 spiro atoms. The number of aromatic nitrogens is 2. The average molecular weight is 409 g/mol. The highest BCUT2D eigenvalue weighted by Crippen LogP contribution is 2.17. The molecule has 0 amide bonds. The lowest BCUT2D eigenvalue weighted by molar-refractivity contribution is -0.199. The molecule has 1 N–H and O–H groups in total. The van der Waals surface area contributed by atoms with Gasteiger partial charge < -0.3 is 10.1 Å². The number of halogens is 3. The van der Waals surface area contributed by atoms with E-state index < -0.39 is 12.1 Å². The van der Waals surface area contributed by atoms with E-state index in [0.717, 1.165) is 50.1 Å². The second kappa shape index (κ2) is 13.5. The number of alkyl halides is 3. The molecule has 27 heavy (non-hydrogen) atoms. The van der Waals surface area contributed by atoms with Crippen molar-refractivity contribution < 1.29 is 27.5 Å². The van der Waals surface area contributed by atoms with Gasteiger partial charge in [0.1, 0.15) is 11.3 Å². The van der Waals surface area contributed by atoms with E-state index in [1.165, 1.54) is 11.3 Å². The fraction of sp³-hybridized carbons (Fsp3) is 0.765. The second-order valence-electron chi connectivity index (χ2n) is 6.17. The number of carbonyl (C=O) groups excluding carboxylic acids is 2. The summed E-state index contributed by atoms with van der Waals surface area (Å²) in [5.74, 6) is -1.88. The molecule has 1 rings (SSSR count). The van der Waals surface area contributed by atoms with Crippen molar-refractivity contribution in [3.63, 3.8) is 0 Å². The van der Waals surface area contributed by atoms with Gasteiger partial charge in [0.25, 0.3) is 0 Å². The van der Waals surface area contributed by atoms with E-state index >= 15 is 0 Å². The van der Waals surface area contributed by atoms with Crippen molar-refractivity contribution in [1.82, 2.24) is 10.2 Å². The van der Waals surface area contributed by atoms with Gasteiger partial charge in [-0.15, -0.1) is 10.2 Å². The maximum Gasteiger partial charge on any atom is 0.490 e. The number of ketones is 1. The van der Waals surface area contributed by atoms with Gasteiger partial charge in [0, 0.05) is 19.4 Å². The van der Waals surface area contributed by atoms with Gasteiger partial charge in [-0.1, -0.05) is 49.9 Å². The Morgan fingerprint density at radius 3 is 2.22 bits per heavy atom. The van der Waals surface area contributed by atoms with Crippen LogP contribution in [0.15, 0.2) is 5.51 Å². The van der Waals surface area contributed by atoms with Gasteiger partial charge in [-0.05, 0) is 12.8 Å². The molecule has 10 heteroatoms. The van der Waals surface area contributed by atoms with Crippen LogP contribution in [-0.4, -0.2) is 41.3 Å². The van der Waals surface area contributed by atoms with Crippen molar-refractivity contribution in [2.75, 3.05) is 18.5 Å². The topological polar surface area (TPSA) is 81.2 Å². The number of rotatable bonds is 15. The maximum absolute atomic E-state index is 11.9. The van der Waals surface area contributed by atoms with E-state index in [2.05, 4.69) is 20.3 Å². The lowest BCUT2D eigenvalue weighted by Gasteiger charge is -2.07. The molecule has 0 saturated carbocycles. The number of hydrogen-bond acceptors (Lipinski definition) is 7. The number of anilines is 1. The summed E-state index contributed by atoms with van der Waals surface area (Å²) in [4.78, 5) is 22.2. The van der Waals surface area contributed by atoms with Gasteiger partial charge in [-0.3, -0.25) is 4.79 Å². The van der Waals surface area contributed by atoms with Gasteiger partial charge >= 0.3 is 12.1 Å². The van der Waals surface area contributed by atoms with Crippen molar-refractivity contribution in [3.8, 4) is 0 Å². The summed E-state index contributed by atoms with van der Waals surface area (Å²) < 4.78 is 39.8. The summed E-state index contributed by atoms with van der Waals surface area (Å²) in [5, 5.41) is 11.3. The van der Waals surface area contributed by atoms with E-state index in [1.54, 1.807) is 5.51 Å². The monoisotopic (exact) mass is 409 g/mol.